The van der Waals surface area contributed by atoms with Gasteiger partial charge in [0, 0.05) is 6.61 Å². The summed E-state index contributed by atoms with van der Waals surface area (Å²) in [7, 11) is 1.24. The number of hydrogen-bond donors (Lipinski definition) is 2. The molecule has 242 valence electrons. The van der Waals surface area contributed by atoms with Crippen LogP contribution in [0, 0.1) is 17.2 Å². The fourth-order valence-electron chi connectivity index (χ4n) is 5.03. The molecule has 3 aromatic carbocycles. The molecule has 0 heterocycles. The Kier molecular flexibility index (Phi) is 13.1. The smallest absolute Gasteiger partial charge is 0.335 e. The summed E-state index contributed by atoms with van der Waals surface area (Å²) in [5.74, 6) is -2.34. The van der Waals surface area contributed by atoms with Crippen molar-refractivity contribution in [1.29, 1.82) is 0 Å². The van der Waals surface area contributed by atoms with Gasteiger partial charge in [-0.3, -0.25) is 9.59 Å². The lowest BCUT2D eigenvalue weighted by Gasteiger charge is -2.33. The molecular formula is C36H45FN2O6. The number of ether oxygens (including phenoxy) is 3. The van der Waals surface area contributed by atoms with E-state index in [1.54, 1.807) is 43.3 Å². The molecule has 0 bridgehead atoms. The van der Waals surface area contributed by atoms with Crippen molar-refractivity contribution >= 4 is 17.8 Å². The summed E-state index contributed by atoms with van der Waals surface area (Å²) in [6.45, 7) is 9.36. The molecule has 2 N–H and O–H groups in total. The van der Waals surface area contributed by atoms with E-state index < -0.39 is 41.2 Å². The van der Waals surface area contributed by atoms with E-state index in [0.29, 0.717) is 24.2 Å². The Hall–Kier alpha value is -4.24. The van der Waals surface area contributed by atoms with E-state index in [0.717, 1.165) is 5.56 Å². The summed E-state index contributed by atoms with van der Waals surface area (Å²) in [6.07, 6.45) is -0.0716. The maximum atomic E-state index is 14.9. The second kappa shape index (κ2) is 16.7. The second-order valence-electron chi connectivity index (χ2n) is 12.0. The number of halogens is 1. The predicted octanol–water partition coefficient (Wildman–Crippen LogP) is 6.54. The Morgan fingerprint density at radius 1 is 0.889 bits per heavy atom. The van der Waals surface area contributed by atoms with Crippen LogP contribution in [0.1, 0.15) is 64.6 Å². The first-order valence-corrected chi connectivity index (χ1v) is 15.3. The first-order chi connectivity index (χ1) is 21.4. The normalized spacial score (nSPS) is 14.0. The zero-order valence-electron chi connectivity index (χ0n) is 27.0. The van der Waals surface area contributed by atoms with Crippen LogP contribution in [0.4, 0.5) is 4.39 Å². The standard InChI is InChI=1S/C36H45FN2O6/c1-7-44-31(35(42)43-6)28(20-14-15-25-21-22-30(29(37)23-25)45-27-18-12-9-13-19-27)33(40)39-32(36(3,4)5)34(41)38-24(2)26-16-10-8-11-17-26/h8-13,16-19,21-24,28,31-32H,7,14-15,20H2,1-6H3,(H,38,41)(H,39,40)/t24-,28-,31+,32-/m1/s1. The van der Waals surface area contributed by atoms with Gasteiger partial charge < -0.3 is 24.8 Å². The molecule has 3 rings (SSSR count). The molecule has 0 saturated carbocycles. The van der Waals surface area contributed by atoms with E-state index in [1.807, 2.05) is 64.1 Å². The summed E-state index contributed by atoms with van der Waals surface area (Å²) in [6, 6.07) is 22.0. The number of nitrogens with one attached hydrogen (secondary N) is 2. The van der Waals surface area contributed by atoms with E-state index in [-0.39, 0.29) is 30.7 Å². The largest absolute Gasteiger partial charge is 0.467 e. The van der Waals surface area contributed by atoms with Gasteiger partial charge >= 0.3 is 5.97 Å². The van der Waals surface area contributed by atoms with Crippen LogP contribution in [-0.4, -0.2) is 43.6 Å². The lowest BCUT2D eigenvalue weighted by atomic mass is 9.84. The molecule has 0 spiro atoms. The van der Waals surface area contributed by atoms with Crippen molar-refractivity contribution < 1.29 is 33.0 Å². The van der Waals surface area contributed by atoms with Gasteiger partial charge in [-0.1, -0.05) is 75.4 Å². The van der Waals surface area contributed by atoms with Crippen LogP contribution in [0.2, 0.25) is 0 Å². The van der Waals surface area contributed by atoms with Gasteiger partial charge in [0.05, 0.1) is 19.1 Å². The number of rotatable bonds is 15. The van der Waals surface area contributed by atoms with Crippen LogP contribution >= 0.6 is 0 Å². The quantitative estimate of drug-likeness (QED) is 0.187. The molecular weight excluding hydrogens is 575 g/mol. The van der Waals surface area contributed by atoms with Gasteiger partial charge in [-0.05, 0) is 73.9 Å². The predicted molar refractivity (Wildman–Crippen MR) is 171 cm³/mol. The second-order valence-corrected chi connectivity index (χ2v) is 12.0. The number of aryl methyl sites for hydroxylation is 1. The third-order valence-corrected chi connectivity index (χ3v) is 7.50. The summed E-state index contributed by atoms with van der Waals surface area (Å²) < 4.78 is 31.2. The van der Waals surface area contributed by atoms with Gasteiger partial charge in [0.15, 0.2) is 17.7 Å². The highest BCUT2D eigenvalue weighted by atomic mass is 19.1. The molecule has 45 heavy (non-hydrogen) atoms. The topological polar surface area (TPSA) is 103 Å². The van der Waals surface area contributed by atoms with Crippen molar-refractivity contribution in [3.05, 3.63) is 95.8 Å². The third-order valence-electron chi connectivity index (χ3n) is 7.50. The average Bonchev–Trinajstić information content (AvgIpc) is 3.02. The third kappa shape index (κ3) is 10.4. The maximum Gasteiger partial charge on any atom is 0.335 e. The molecule has 0 aliphatic rings. The SMILES string of the molecule is CCO[C@H](C(=O)OC)[C@@H](CCCc1ccc(Oc2ccccc2)c(F)c1)C(=O)N[C@H](C(=O)N[C@H](C)c1ccccc1)C(C)(C)C. The monoisotopic (exact) mass is 620 g/mol. The van der Waals surface area contributed by atoms with Crippen LogP contribution < -0.4 is 15.4 Å². The van der Waals surface area contributed by atoms with E-state index in [1.165, 1.54) is 13.2 Å². The molecule has 3 aromatic rings. The van der Waals surface area contributed by atoms with E-state index >= 15 is 0 Å². The van der Waals surface area contributed by atoms with Gasteiger partial charge in [-0.2, -0.15) is 0 Å². The van der Waals surface area contributed by atoms with Crippen molar-refractivity contribution in [2.75, 3.05) is 13.7 Å². The van der Waals surface area contributed by atoms with Gasteiger partial charge in [0.25, 0.3) is 0 Å². The lowest BCUT2D eigenvalue weighted by molar-refractivity contribution is -0.161. The minimum Gasteiger partial charge on any atom is -0.467 e. The van der Waals surface area contributed by atoms with Crippen molar-refractivity contribution in [2.24, 2.45) is 11.3 Å². The summed E-state index contributed by atoms with van der Waals surface area (Å²) in [4.78, 5) is 40.1. The van der Waals surface area contributed by atoms with Crippen LogP contribution in [0.3, 0.4) is 0 Å². The minimum absolute atomic E-state index is 0.109. The number of amides is 2. The fraction of sp³-hybridized carbons (Fsp3) is 0.417. The van der Waals surface area contributed by atoms with Gasteiger partial charge in [-0.25, -0.2) is 9.18 Å². The maximum absolute atomic E-state index is 14.9. The Morgan fingerprint density at radius 2 is 1.53 bits per heavy atom. The fourth-order valence-corrected chi connectivity index (χ4v) is 5.03. The highest BCUT2D eigenvalue weighted by Crippen LogP contribution is 2.27. The van der Waals surface area contributed by atoms with E-state index in [9.17, 15) is 18.8 Å². The van der Waals surface area contributed by atoms with Crippen molar-refractivity contribution in [3.63, 3.8) is 0 Å². The molecule has 0 aliphatic carbocycles. The zero-order valence-corrected chi connectivity index (χ0v) is 27.0. The van der Waals surface area contributed by atoms with Crippen LogP contribution in [-0.2, 0) is 30.3 Å². The van der Waals surface area contributed by atoms with Crippen molar-refractivity contribution in [2.45, 2.75) is 72.1 Å². The van der Waals surface area contributed by atoms with Crippen LogP contribution in [0.15, 0.2) is 78.9 Å². The Balaban J connectivity index is 1.75. The lowest BCUT2D eigenvalue weighted by Crippen LogP contribution is -2.56. The molecule has 0 unspecified atom stereocenters. The van der Waals surface area contributed by atoms with Crippen LogP contribution in [0.25, 0.3) is 0 Å². The summed E-state index contributed by atoms with van der Waals surface area (Å²) in [5, 5.41) is 5.91. The molecule has 0 radical (unpaired) electrons. The van der Waals surface area contributed by atoms with Crippen LogP contribution in [0.5, 0.6) is 11.5 Å². The average molecular weight is 621 g/mol. The Morgan fingerprint density at radius 3 is 2.11 bits per heavy atom. The van der Waals surface area contributed by atoms with Gasteiger partial charge in [-0.15, -0.1) is 0 Å². The number of methoxy groups -OCH3 is 1. The number of carbonyl (C=O) groups excluding carboxylic acids is 3. The molecule has 0 saturated heterocycles. The minimum atomic E-state index is -1.18. The van der Waals surface area contributed by atoms with Gasteiger partial charge in [0.2, 0.25) is 11.8 Å². The van der Waals surface area contributed by atoms with Crippen molar-refractivity contribution in [1.82, 2.24) is 10.6 Å². The van der Waals surface area contributed by atoms with Crippen molar-refractivity contribution in [3.8, 4) is 11.5 Å². The first kappa shape index (κ1) is 35.2. The Labute approximate surface area is 265 Å². The number of para-hydroxylation sites is 1. The van der Waals surface area contributed by atoms with E-state index in [2.05, 4.69) is 10.6 Å². The number of esters is 1. The van der Waals surface area contributed by atoms with E-state index in [4.69, 9.17) is 14.2 Å². The highest BCUT2D eigenvalue weighted by Gasteiger charge is 2.39. The molecule has 4 atom stereocenters. The Bertz CT molecular complexity index is 1390. The molecule has 0 aliphatic heterocycles. The number of hydrogen-bond acceptors (Lipinski definition) is 6. The molecule has 0 fully saturated rings. The van der Waals surface area contributed by atoms with Gasteiger partial charge in [0.1, 0.15) is 11.8 Å². The first-order valence-electron chi connectivity index (χ1n) is 15.3. The summed E-state index contributed by atoms with van der Waals surface area (Å²) in [5.41, 5.74) is 0.995. The zero-order chi connectivity index (χ0) is 33.0. The highest BCUT2D eigenvalue weighted by molar-refractivity contribution is 5.92. The number of carbonyl (C=O) groups is 3. The molecule has 9 heteroatoms. The molecule has 8 nitrogen and oxygen atoms in total. The number of benzene rings is 3. The summed E-state index contributed by atoms with van der Waals surface area (Å²) >= 11 is 0. The molecule has 0 aromatic heterocycles. The molecule has 2 amide bonds.